The number of nitrogens with one attached hydrogen (secondary N) is 1. The number of aromatic amines is 1. The van der Waals surface area contributed by atoms with Crippen LogP contribution in [0.15, 0.2) is 29.3 Å². The first-order valence-electron chi connectivity index (χ1n) is 10.3. The summed E-state index contributed by atoms with van der Waals surface area (Å²) in [5, 5.41) is 0. The molecule has 29 heavy (non-hydrogen) atoms. The van der Waals surface area contributed by atoms with Crippen molar-refractivity contribution in [1.82, 2.24) is 23.6 Å². The summed E-state index contributed by atoms with van der Waals surface area (Å²) in [6.45, 7) is 2.15. The Bertz CT molecular complexity index is 1080. The van der Waals surface area contributed by atoms with Crippen LogP contribution in [-0.2, 0) is 22.0 Å². The van der Waals surface area contributed by atoms with Crippen molar-refractivity contribution in [3.8, 4) is 11.4 Å². The zero-order chi connectivity index (χ0) is 20.1. The maximum absolute atomic E-state index is 13.2. The van der Waals surface area contributed by atoms with Gasteiger partial charge in [0.1, 0.15) is 5.82 Å². The van der Waals surface area contributed by atoms with Crippen LogP contribution < -0.4 is 5.56 Å². The van der Waals surface area contributed by atoms with E-state index < -0.39 is 10.2 Å². The van der Waals surface area contributed by atoms with Crippen LogP contribution in [0.25, 0.3) is 11.4 Å². The van der Waals surface area contributed by atoms with Crippen LogP contribution in [0.4, 0.5) is 0 Å². The molecule has 2 aliphatic heterocycles. The largest absolute Gasteiger partial charge is 0.306 e. The Labute approximate surface area is 170 Å². The molecule has 5 rings (SSSR count). The van der Waals surface area contributed by atoms with Gasteiger partial charge in [0.2, 0.25) is 0 Å². The third-order valence-electron chi connectivity index (χ3n) is 6.57. The highest BCUT2D eigenvalue weighted by Gasteiger charge is 2.48. The van der Waals surface area contributed by atoms with E-state index in [4.69, 9.17) is 4.98 Å². The Hall–Kier alpha value is -2.10. The van der Waals surface area contributed by atoms with Crippen molar-refractivity contribution in [1.29, 1.82) is 0 Å². The van der Waals surface area contributed by atoms with Gasteiger partial charge in [0.15, 0.2) is 0 Å². The molecule has 2 saturated heterocycles. The molecule has 1 atom stereocenters. The number of hydrogen-bond acceptors (Lipinski definition) is 5. The molecule has 3 aliphatic rings. The van der Waals surface area contributed by atoms with Crippen LogP contribution in [0, 0.1) is 0 Å². The van der Waals surface area contributed by atoms with Gasteiger partial charge in [-0.05, 0) is 50.7 Å². The minimum Gasteiger partial charge on any atom is -0.306 e. The van der Waals surface area contributed by atoms with Crippen molar-refractivity contribution in [3.05, 3.63) is 46.1 Å². The summed E-state index contributed by atoms with van der Waals surface area (Å²) < 4.78 is 29.5. The molecule has 0 aromatic carbocycles. The number of nitrogens with zero attached hydrogens (tertiary/aromatic N) is 4. The van der Waals surface area contributed by atoms with E-state index in [2.05, 4.69) is 9.97 Å². The smallest absolute Gasteiger partial charge is 0.282 e. The van der Waals surface area contributed by atoms with E-state index in [0.717, 1.165) is 43.4 Å². The van der Waals surface area contributed by atoms with Crippen LogP contribution >= 0.6 is 0 Å². The molecule has 1 spiro atoms. The third-order valence-corrected chi connectivity index (χ3v) is 8.55. The van der Waals surface area contributed by atoms with Gasteiger partial charge in [-0.15, -0.1) is 0 Å². The molecule has 154 valence electrons. The zero-order valence-corrected chi connectivity index (χ0v) is 17.1. The van der Waals surface area contributed by atoms with Gasteiger partial charge < -0.3 is 4.98 Å². The lowest BCUT2D eigenvalue weighted by Crippen LogP contribution is -2.52. The summed E-state index contributed by atoms with van der Waals surface area (Å²) in [5.41, 5.74) is 1.74. The Kier molecular flexibility index (Phi) is 4.56. The van der Waals surface area contributed by atoms with E-state index in [1.165, 1.54) is 0 Å². The standard InChI is InChI=1S/C20H25N5O3S/c26-19-16-6-8-20(17(16)22-18(23-19)15-5-3-9-21-13-15)7-4-12-25(14-20)29(27,28)24-10-1-2-11-24/h3,5,9,13H,1-2,4,6-8,10-12,14H2,(H,22,23,26). The van der Waals surface area contributed by atoms with Crippen LogP contribution in [0.2, 0.25) is 0 Å². The molecule has 1 N–H and O–H groups in total. The van der Waals surface area contributed by atoms with E-state index >= 15 is 0 Å². The predicted octanol–water partition coefficient (Wildman–Crippen LogP) is 1.45. The highest BCUT2D eigenvalue weighted by atomic mass is 32.2. The van der Waals surface area contributed by atoms with Gasteiger partial charge in [-0.25, -0.2) is 4.98 Å². The molecule has 2 fully saturated rings. The Morgan fingerprint density at radius 3 is 2.62 bits per heavy atom. The molecule has 1 aliphatic carbocycles. The first-order chi connectivity index (χ1) is 14.0. The van der Waals surface area contributed by atoms with Crippen molar-refractivity contribution in [2.24, 2.45) is 0 Å². The van der Waals surface area contributed by atoms with E-state index in [9.17, 15) is 13.2 Å². The maximum atomic E-state index is 13.2. The molecule has 1 unspecified atom stereocenters. The minimum absolute atomic E-state index is 0.120. The van der Waals surface area contributed by atoms with E-state index in [-0.39, 0.29) is 11.0 Å². The van der Waals surface area contributed by atoms with Crippen LogP contribution in [0.3, 0.4) is 0 Å². The summed E-state index contributed by atoms with van der Waals surface area (Å²) >= 11 is 0. The molecule has 0 amide bonds. The summed E-state index contributed by atoms with van der Waals surface area (Å²) in [6, 6.07) is 3.67. The van der Waals surface area contributed by atoms with Gasteiger partial charge >= 0.3 is 0 Å². The lowest BCUT2D eigenvalue weighted by Gasteiger charge is -2.40. The molecular formula is C20H25N5O3S. The fraction of sp³-hybridized carbons (Fsp3) is 0.550. The van der Waals surface area contributed by atoms with Crippen molar-refractivity contribution in [3.63, 3.8) is 0 Å². The Balaban J connectivity index is 1.53. The maximum Gasteiger partial charge on any atom is 0.282 e. The quantitative estimate of drug-likeness (QED) is 0.818. The van der Waals surface area contributed by atoms with Gasteiger partial charge in [0, 0.05) is 55.1 Å². The number of piperidine rings is 1. The monoisotopic (exact) mass is 415 g/mol. The number of pyridine rings is 1. The number of hydrogen-bond donors (Lipinski definition) is 1. The molecule has 0 saturated carbocycles. The normalized spacial score (nSPS) is 25.5. The Morgan fingerprint density at radius 1 is 1.07 bits per heavy atom. The van der Waals surface area contributed by atoms with E-state index in [1.807, 2.05) is 12.1 Å². The Morgan fingerprint density at radius 2 is 1.86 bits per heavy atom. The van der Waals surface area contributed by atoms with Crippen molar-refractivity contribution in [2.45, 2.75) is 43.9 Å². The second-order valence-electron chi connectivity index (χ2n) is 8.31. The summed E-state index contributed by atoms with van der Waals surface area (Å²) in [4.78, 5) is 24.6. The average molecular weight is 416 g/mol. The molecule has 2 aromatic rings. The van der Waals surface area contributed by atoms with Gasteiger partial charge in [0.25, 0.3) is 15.8 Å². The van der Waals surface area contributed by atoms with Gasteiger partial charge in [-0.3, -0.25) is 9.78 Å². The second kappa shape index (κ2) is 7.00. The van der Waals surface area contributed by atoms with E-state index in [1.54, 1.807) is 21.0 Å². The fourth-order valence-electron chi connectivity index (χ4n) is 5.06. The first kappa shape index (κ1) is 18.9. The third kappa shape index (κ3) is 3.12. The first-order valence-corrected chi connectivity index (χ1v) is 11.7. The summed E-state index contributed by atoms with van der Waals surface area (Å²) in [5.74, 6) is 0.502. The van der Waals surface area contributed by atoms with Crippen LogP contribution in [-0.4, -0.2) is 58.2 Å². The SMILES string of the molecule is O=c1[nH]c(-c2cccnc2)nc2c1CCC21CCCN(S(=O)(=O)N2CCCC2)C1. The topological polar surface area (TPSA) is 99.3 Å². The number of aromatic nitrogens is 3. The molecule has 9 heteroatoms. The van der Waals surface area contributed by atoms with Crippen molar-refractivity contribution >= 4 is 10.2 Å². The molecule has 8 nitrogen and oxygen atoms in total. The second-order valence-corrected chi connectivity index (χ2v) is 10.2. The number of H-pyrrole nitrogens is 1. The number of fused-ring (bicyclic) bond motifs is 2. The van der Waals surface area contributed by atoms with Gasteiger partial charge in [-0.1, -0.05) is 0 Å². The van der Waals surface area contributed by atoms with E-state index in [0.29, 0.717) is 44.0 Å². The van der Waals surface area contributed by atoms with Gasteiger partial charge in [-0.2, -0.15) is 17.0 Å². The molecule has 0 radical (unpaired) electrons. The molecule has 4 heterocycles. The average Bonchev–Trinajstić information content (AvgIpc) is 3.39. The highest BCUT2D eigenvalue weighted by Crippen LogP contribution is 2.44. The molecule has 0 bridgehead atoms. The minimum atomic E-state index is -3.46. The molecule has 2 aromatic heterocycles. The highest BCUT2D eigenvalue weighted by molar-refractivity contribution is 7.86. The van der Waals surface area contributed by atoms with Crippen LogP contribution in [0.1, 0.15) is 43.4 Å². The lowest BCUT2D eigenvalue weighted by atomic mass is 9.78. The van der Waals surface area contributed by atoms with Gasteiger partial charge in [0.05, 0.1) is 5.69 Å². The molecular weight excluding hydrogens is 390 g/mol. The van der Waals surface area contributed by atoms with Crippen molar-refractivity contribution in [2.75, 3.05) is 26.2 Å². The summed E-state index contributed by atoms with van der Waals surface area (Å²) in [7, 11) is -3.46. The predicted molar refractivity (Wildman–Crippen MR) is 109 cm³/mol. The lowest BCUT2D eigenvalue weighted by molar-refractivity contribution is 0.210. The van der Waals surface area contributed by atoms with Crippen molar-refractivity contribution < 1.29 is 8.42 Å². The van der Waals surface area contributed by atoms with Crippen LogP contribution in [0.5, 0.6) is 0 Å². The number of rotatable bonds is 3. The summed E-state index contributed by atoms with van der Waals surface area (Å²) in [6.07, 6.45) is 8.25. The fourth-order valence-corrected chi connectivity index (χ4v) is 6.87. The zero-order valence-electron chi connectivity index (χ0n) is 16.3.